The number of nitrogens with one attached hydrogen (secondary N) is 1. The van der Waals surface area contributed by atoms with Gasteiger partial charge in [-0.1, -0.05) is 57.5 Å². The van der Waals surface area contributed by atoms with Crippen LogP contribution in [0.2, 0.25) is 0 Å². The highest BCUT2D eigenvalue weighted by molar-refractivity contribution is 6.10. The number of fused-ring (bicyclic) bond motifs is 1. The highest BCUT2D eigenvalue weighted by Crippen LogP contribution is 2.35. The maximum Gasteiger partial charge on any atom is 0.272 e. The van der Waals surface area contributed by atoms with Gasteiger partial charge in [0, 0.05) is 12.0 Å². The van der Waals surface area contributed by atoms with Gasteiger partial charge >= 0.3 is 0 Å². The van der Waals surface area contributed by atoms with Crippen LogP contribution in [0.4, 0.5) is 5.69 Å². The lowest BCUT2D eigenvalue weighted by Gasteiger charge is -2.16. The molecule has 1 aromatic heterocycles. The summed E-state index contributed by atoms with van der Waals surface area (Å²) in [5, 5.41) is 7.73. The molecule has 2 aromatic rings. The van der Waals surface area contributed by atoms with Crippen LogP contribution in [0.25, 0.3) is 0 Å². The lowest BCUT2D eigenvalue weighted by molar-refractivity contribution is 0.0950. The number of hydrogen-bond donors (Lipinski definition) is 1. The predicted molar refractivity (Wildman–Crippen MR) is 101 cm³/mol. The highest BCUT2D eigenvalue weighted by atomic mass is 16.2. The molecule has 2 heterocycles. The number of aryl methyl sites for hydroxylation is 2. The van der Waals surface area contributed by atoms with Crippen LogP contribution in [0, 0.1) is 6.92 Å². The summed E-state index contributed by atoms with van der Waals surface area (Å²) in [5.74, 6) is -0.0997. The minimum absolute atomic E-state index is 0.0997. The van der Waals surface area contributed by atoms with E-state index in [9.17, 15) is 4.79 Å². The number of hydrogen-bond acceptors (Lipinski definition) is 3. The molecule has 0 saturated carbocycles. The number of rotatable bonds is 3. The number of nitrogens with zero attached hydrogens (tertiary/aromatic N) is 3. The third-order valence-corrected chi connectivity index (χ3v) is 4.34. The fourth-order valence-corrected chi connectivity index (χ4v) is 3.00. The molecule has 1 aliphatic heterocycles. The molecule has 0 radical (unpaired) electrons. The Hall–Kier alpha value is -2.43. The molecule has 1 aromatic carbocycles. The summed E-state index contributed by atoms with van der Waals surface area (Å²) in [6.45, 7) is 11.6. The molecule has 1 amide bonds. The molecule has 0 bridgehead atoms. The van der Waals surface area contributed by atoms with E-state index in [4.69, 9.17) is 10.1 Å². The SMILES string of the molecule is CCCn1nc(C(C)(C)C)c2c1C(=O)NCC(c1ccc(C)cc1)=N2. The molecule has 1 N–H and O–H groups in total. The second-order valence-corrected chi connectivity index (χ2v) is 7.63. The summed E-state index contributed by atoms with van der Waals surface area (Å²) in [5.41, 5.74) is 5.08. The van der Waals surface area contributed by atoms with Crippen molar-refractivity contribution in [2.45, 2.75) is 53.0 Å². The van der Waals surface area contributed by atoms with E-state index in [2.05, 4.69) is 64.2 Å². The van der Waals surface area contributed by atoms with Gasteiger partial charge in [0.25, 0.3) is 5.91 Å². The van der Waals surface area contributed by atoms with Crippen LogP contribution in [0.1, 0.15) is 61.4 Å². The number of carbonyl (C=O) groups is 1. The zero-order chi connectivity index (χ0) is 18.2. The van der Waals surface area contributed by atoms with Gasteiger partial charge in [0.15, 0.2) is 5.69 Å². The van der Waals surface area contributed by atoms with E-state index >= 15 is 0 Å². The van der Waals surface area contributed by atoms with Gasteiger partial charge in [-0.3, -0.25) is 9.48 Å². The van der Waals surface area contributed by atoms with E-state index in [1.807, 2.05) is 4.68 Å². The first-order valence-corrected chi connectivity index (χ1v) is 8.85. The highest BCUT2D eigenvalue weighted by Gasteiger charge is 2.31. The molecular weight excluding hydrogens is 312 g/mol. The molecule has 132 valence electrons. The predicted octanol–water partition coefficient (Wildman–Crippen LogP) is 3.76. The number of aliphatic imine (C=N–C) groups is 1. The van der Waals surface area contributed by atoms with Crippen molar-refractivity contribution in [3.05, 3.63) is 46.8 Å². The van der Waals surface area contributed by atoms with E-state index in [1.165, 1.54) is 5.56 Å². The molecule has 0 unspecified atom stereocenters. The molecule has 0 spiro atoms. The summed E-state index contributed by atoms with van der Waals surface area (Å²) in [4.78, 5) is 17.6. The van der Waals surface area contributed by atoms with Crippen LogP contribution >= 0.6 is 0 Å². The Bertz CT molecular complexity index is 823. The van der Waals surface area contributed by atoms with Crippen molar-refractivity contribution in [3.8, 4) is 0 Å². The maximum absolute atomic E-state index is 12.7. The first kappa shape index (κ1) is 17.4. The zero-order valence-electron chi connectivity index (χ0n) is 15.7. The van der Waals surface area contributed by atoms with Crippen LogP contribution in [0.5, 0.6) is 0 Å². The second-order valence-electron chi connectivity index (χ2n) is 7.63. The van der Waals surface area contributed by atoms with Crippen molar-refractivity contribution >= 4 is 17.3 Å². The minimum atomic E-state index is -0.185. The Morgan fingerprint density at radius 3 is 2.48 bits per heavy atom. The molecule has 1 aliphatic rings. The molecule has 0 aliphatic carbocycles. The van der Waals surface area contributed by atoms with Gasteiger partial charge < -0.3 is 5.32 Å². The Labute approximate surface area is 149 Å². The second kappa shape index (κ2) is 6.47. The normalized spacial score (nSPS) is 14.6. The van der Waals surface area contributed by atoms with Crippen LogP contribution in [0.3, 0.4) is 0 Å². The molecular formula is C20H26N4O. The van der Waals surface area contributed by atoms with E-state index in [0.717, 1.165) is 23.4 Å². The topological polar surface area (TPSA) is 59.3 Å². The first-order valence-electron chi connectivity index (χ1n) is 8.85. The van der Waals surface area contributed by atoms with E-state index in [1.54, 1.807) is 0 Å². The first-order chi connectivity index (χ1) is 11.8. The number of carbonyl (C=O) groups excluding carboxylic acids is 1. The van der Waals surface area contributed by atoms with Crippen LogP contribution in [-0.4, -0.2) is 27.9 Å². The van der Waals surface area contributed by atoms with Gasteiger partial charge in [-0.05, 0) is 18.9 Å². The molecule has 0 saturated heterocycles. The lowest BCUT2D eigenvalue weighted by atomic mass is 9.91. The number of amides is 1. The van der Waals surface area contributed by atoms with E-state index in [-0.39, 0.29) is 11.3 Å². The Morgan fingerprint density at radius 1 is 1.20 bits per heavy atom. The van der Waals surface area contributed by atoms with Crippen molar-refractivity contribution in [2.24, 2.45) is 4.99 Å². The maximum atomic E-state index is 12.7. The summed E-state index contributed by atoms with van der Waals surface area (Å²) in [6.07, 6.45) is 0.916. The molecule has 3 rings (SSSR count). The molecule has 5 nitrogen and oxygen atoms in total. The van der Waals surface area contributed by atoms with Crippen molar-refractivity contribution in [1.29, 1.82) is 0 Å². The summed E-state index contributed by atoms with van der Waals surface area (Å²) in [6, 6.07) is 8.24. The van der Waals surface area contributed by atoms with Crippen molar-refractivity contribution in [3.63, 3.8) is 0 Å². The largest absolute Gasteiger partial charge is 0.345 e. The summed E-state index contributed by atoms with van der Waals surface area (Å²) < 4.78 is 1.81. The fraction of sp³-hybridized carbons (Fsp3) is 0.450. The van der Waals surface area contributed by atoms with Crippen molar-refractivity contribution in [2.75, 3.05) is 6.54 Å². The average molecular weight is 338 g/mol. The number of benzene rings is 1. The fourth-order valence-electron chi connectivity index (χ4n) is 3.00. The van der Waals surface area contributed by atoms with Gasteiger partial charge in [0.2, 0.25) is 0 Å². The Balaban J connectivity index is 2.19. The van der Waals surface area contributed by atoms with E-state index < -0.39 is 0 Å². The zero-order valence-corrected chi connectivity index (χ0v) is 15.7. The quantitative estimate of drug-likeness (QED) is 0.926. The molecule has 25 heavy (non-hydrogen) atoms. The van der Waals surface area contributed by atoms with Crippen LogP contribution in [-0.2, 0) is 12.0 Å². The van der Waals surface area contributed by atoms with E-state index in [0.29, 0.717) is 24.5 Å². The third-order valence-electron chi connectivity index (χ3n) is 4.34. The van der Waals surface area contributed by atoms with Crippen LogP contribution in [0.15, 0.2) is 29.3 Å². The molecule has 5 heteroatoms. The van der Waals surface area contributed by atoms with Gasteiger partial charge in [0.1, 0.15) is 5.69 Å². The Morgan fingerprint density at radius 2 is 1.88 bits per heavy atom. The van der Waals surface area contributed by atoms with Gasteiger partial charge in [0.05, 0.1) is 18.0 Å². The van der Waals surface area contributed by atoms with Gasteiger partial charge in [-0.15, -0.1) is 0 Å². The molecule has 0 atom stereocenters. The van der Waals surface area contributed by atoms with Crippen molar-refractivity contribution < 1.29 is 4.79 Å². The smallest absolute Gasteiger partial charge is 0.272 e. The summed E-state index contributed by atoms with van der Waals surface area (Å²) in [7, 11) is 0. The summed E-state index contributed by atoms with van der Waals surface area (Å²) >= 11 is 0. The molecule has 0 fully saturated rings. The lowest BCUT2D eigenvalue weighted by Crippen LogP contribution is -2.30. The van der Waals surface area contributed by atoms with Crippen LogP contribution < -0.4 is 5.32 Å². The average Bonchev–Trinajstić information content (AvgIpc) is 2.82. The van der Waals surface area contributed by atoms with Crippen molar-refractivity contribution in [1.82, 2.24) is 15.1 Å². The third kappa shape index (κ3) is 3.36. The number of aromatic nitrogens is 2. The van der Waals surface area contributed by atoms with Gasteiger partial charge in [-0.25, -0.2) is 4.99 Å². The van der Waals surface area contributed by atoms with Gasteiger partial charge in [-0.2, -0.15) is 5.10 Å². The standard InChI is InChI=1S/C20H26N4O/c1-6-11-24-17-16(18(23-24)20(3,4)5)22-15(12-21-19(17)25)14-9-7-13(2)8-10-14/h7-10H,6,11-12H2,1-5H3,(H,21,25). The monoisotopic (exact) mass is 338 g/mol. The minimum Gasteiger partial charge on any atom is -0.345 e. The Kier molecular flexibility index (Phi) is 4.50.